The van der Waals surface area contributed by atoms with E-state index in [4.69, 9.17) is 32.7 Å². The Morgan fingerprint density at radius 3 is 2.37 bits per heavy atom. The van der Waals surface area contributed by atoms with Crippen LogP contribution in [0, 0.1) is 31.6 Å². The second kappa shape index (κ2) is 12.2. The molecule has 0 bridgehead atoms. The highest BCUT2D eigenvalue weighted by molar-refractivity contribution is 6.37. The van der Waals surface area contributed by atoms with E-state index in [-0.39, 0.29) is 11.8 Å². The van der Waals surface area contributed by atoms with Crippen LogP contribution in [0.2, 0.25) is 10.0 Å². The number of fused-ring (bicyclic) bond motifs is 1. The lowest BCUT2D eigenvalue weighted by Crippen LogP contribution is -2.41. The van der Waals surface area contributed by atoms with E-state index in [0.29, 0.717) is 59.3 Å². The van der Waals surface area contributed by atoms with Gasteiger partial charge in [-0.15, -0.1) is 0 Å². The SMILES string of the molecule is Cc1cccc(CN(C(=O)C2C(c3ccc(OCCOc4c(Cl)cccc4Cl)cc3)C[C@@H]3CNCC23)C2CC2)c1C. The van der Waals surface area contributed by atoms with E-state index < -0.39 is 0 Å². The minimum atomic E-state index is 0.00116. The van der Waals surface area contributed by atoms with Gasteiger partial charge in [0.15, 0.2) is 5.75 Å². The molecular weight excluding hydrogens is 555 g/mol. The van der Waals surface area contributed by atoms with Crippen molar-refractivity contribution in [1.29, 1.82) is 0 Å². The summed E-state index contributed by atoms with van der Waals surface area (Å²) in [5, 5.41) is 4.53. The van der Waals surface area contributed by atoms with Crippen molar-refractivity contribution < 1.29 is 14.3 Å². The van der Waals surface area contributed by atoms with Crippen LogP contribution in [0.5, 0.6) is 11.5 Å². The zero-order chi connectivity index (χ0) is 28.5. The highest BCUT2D eigenvalue weighted by Crippen LogP contribution is 2.50. The van der Waals surface area contributed by atoms with E-state index in [2.05, 4.69) is 54.4 Å². The van der Waals surface area contributed by atoms with Crippen molar-refractivity contribution in [3.05, 3.63) is 93.0 Å². The van der Waals surface area contributed by atoms with Gasteiger partial charge in [0.1, 0.15) is 19.0 Å². The molecule has 3 aromatic rings. The zero-order valence-corrected chi connectivity index (χ0v) is 25.3. The van der Waals surface area contributed by atoms with Crippen LogP contribution in [-0.4, -0.2) is 43.2 Å². The van der Waals surface area contributed by atoms with Crippen LogP contribution in [0.4, 0.5) is 0 Å². The van der Waals surface area contributed by atoms with Crippen LogP contribution in [0.15, 0.2) is 60.7 Å². The van der Waals surface area contributed by atoms with Crippen LogP contribution >= 0.6 is 23.2 Å². The molecular formula is C34H38Cl2N2O3. The summed E-state index contributed by atoms with van der Waals surface area (Å²) >= 11 is 12.4. The topological polar surface area (TPSA) is 50.8 Å². The van der Waals surface area contributed by atoms with Crippen LogP contribution in [-0.2, 0) is 11.3 Å². The van der Waals surface area contributed by atoms with Crippen molar-refractivity contribution in [3.8, 4) is 11.5 Å². The average molecular weight is 594 g/mol. The van der Waals surface area contributed by atoms with Crippen molar-refractivity contribution in [2.24, 2.45) is 17.8 Å². The fourth-order valence-electron chi connectivity index (χ4n) is 6.77. The third-order valence-electron chi connectivity index (χ3n) is 9.28. The molecule has 2 aliphatic carbocycles. The third kappa shape index (κ3) is 6.09. The molecule has 41 heavy (non-hydrogen) atoms. The molecule has 1 heterocycles. The second-order valence-electron chi connectivity index (χ2n) is 11.8. The van der Waals surface area contributed by atoms with E-state index >= 15 is 0 Å². The summed E-state index contributed by atoms with van der Waals surface area (Å²) in [5.41, 5.74) is 5.08. The van der Waals surface area contributed by atoms with E-state index in [0.717, 1.165) is 38.1 Å². The van der Waals surface area contributed by atoms with E-state index in [1.54, 1.807) is 18.2 Å². The number of carbonyl (C=O) groups is 1. The molecule has 2 saturated carbocycles. The van der Waals surface area contributed by atoms with Gasteiger partial charge in [-0.25, -0.2) is 0 Å². The number of amides is 1. The number of para-hydroxylation sites is 1. The van der Waals surface area contributed by atoms with Gasteiger partial charge in [0.2, 0.25) is 5.91 Å². The Kier molecular flexibility index (Phi) is 8.48. The highest BCUT2D eigenvalue weighted by atomic mass is 35.5. The Bertz CT molecular complexity index is 1370. The molecule has 1 amide bonds. The number of hydrogen-bond acceptors (Lipinski definition) is 4. The number of hydrogen-bond donors (Lipinski definition) is 1. The molecule has 7 heteroatoms. The maximum absolute atomic E-state index is 14.4. The van der Waals surface area contributed by atoms with Gasteiger partial charge in [-0.3, -0.25) is 4.79 Å². The van der Waals surface area contributed by atoms with Crippen LogP contribution in [0.1, 0.15) is 47.4 Å². The molecule has 1 N–H and O–H groups in total. The summed E-state index contributed by atoms with van der Waals surface area (Å²) in [6.45, 7) is 7.67. The molecule has 5 nitrogen and oxygen atoms in total. The maximum atomic E-state index is 14.4. The lowest BCUT2D eigenvalue weighted by molar-refractivity contribution is -0.138. The van der Waals surface area contributed by atoms with Gasteiger partial charge in [0.25, 0.3) is 0 Å². The normalized spacial score (nSPS) is 23.3. The summed E-state index contributed by atoms with van der Waals surface area (Å²) in [4.78, 5) is 16.6. The first-order valence-electron chi connectivity index (χ1n) is 14.8. The van der Waals surface area contributed by atoms with Gasteiger partial charge >= 0.3 is 0 Å². The quantitative estimate of drug-likeness (QED) is 0.253. The van der Waals surface area contributed by atoms with Crippen molar-refractivity contribution in [2.45, 2.75) is 51.6 Å². The number of aryl methyl sites for hydroxylation is 1. The Morgan fingerprint density at radius 2 is 1.63 bits per heavy atom. The number of benzene rings is 3. The predicted octanol–water partition coefficient (Wildman–Crippen LogP) is 7.20. The summed E-state index contributed by atoms with van der Waals surface area (Å²) in [7, 11) is 0. The van der Waals surface area contributed by atoms with Crippen molar-refractivity contribution in [3.63, 3.8) is 0 Å². The lowest BCUT2D eigenvalue weighted by Gasteiger charge is -2.32. The lowest BCUT2D eigenvalue weighted by atomic mass is 9.83. The Labute approximate surface area is 253 Å². The minimum Gasteiger partial charge on any atom is -0.490 e. The second-order valence-corrected chi connectivity index (χ2v) is 12.6. The molecule has 6 rings (SSSR count). The standard InChI is InChI=1S/C34H38Cl2N2O3/c1-21-5-3-6-24(22(21)2)20-38(26-11-12-26)34(39)32-28(17-25-18-37-19-29(25)32)23-9-13-27(14-10-23)40-15-16-41-33-30(35)7-4-8-31(33)36/h3-10,13-14,25-26,28-29,32,37H,11-12,15-20H2,1-2H3/t25-,28?,29?,32?/m1/s1. The molecule has 4 atom stereocenters. The van der Waals surface area contributed by atoms with Gasteiger partial charge in [0.05, 0.1) is 10.0 Å². The van der Waals surface area contributed by atoms with E-state index in [9.17, 15) is 4.79 Å². The summed E-state index contributed by atoms with van der Waals surface area (Å²) in [6, 6.07) is 20.4. The number of nitrogens with zero attached hydrogens (tertiary/aromatic N) is 1. The number of nitrogens with one attached hydrogen (secondary N) is 1. The molecule has 3 aliphatic rings. The van der Waals surface area contributed by atoms with Crippen LogP contribution in [0.25, 0.3) is 0 Å². The Morgan fingerprint density at radius 1 is 0.927 bits per heavy atom. The van der Waals surface area contributed by atoms with Crippen molar-refractivity contribution in [2.75, 3.05) is 26.3 Å². The molecule has 216 valence electrons. The largest absolute Gasteiger partial charge is 0.490 e. The Hall–Kier alpha value is -2.73. The predicted molar refractivity (Wildman–Crippen MR) is 164 cm³/mol. The smallest absolute Gasteiger partial charge is 0.227 e. The number of halogens is 2. The summed E-state index contributed by atoms with van der Waals surface area (Å²) in [5.74, 6) is 2.74. The van der Waals surface area contributed by atoms with Crippen LogP contribution < -0.4 is 14.8 Å². The van der Waals surface area contributed by atoms with E-state index in [1.807, 2.05) is 12.1 Å². The molecule has 0 aromatic heterocycles. The van der Waals surface area contributed by atoms with Gasteiger partial charge in [-0.05, 0) is 110 Å². The first-order valence-corrected chi connectivity index (χ1v) is 15.5. The highest BCUT2D eigenvalue weighted by Gasteiger charge is 2.51. The monoisotopic (exact) mass is 592 g/mol. The summed E-state index contributed by atoms with van der Waals surface area (Å²) in [6.07, 6.45) is 3.26. The molecule has 1 saturated heterocycles. The maximum Gasteiger partial charge on any atom is 0.227 e. The molecule has 3 aromatic carbocycles. The van der Waals surface area contributed by atoms with Gasteiger partial charge in [-0.1, -0.05) is 59.6 Å². The van der Waals surface area contributed by atoms with E-state index in [1.165, 1.54) is 22.3 Å². The molecule has 3 unspecified atom stereocenters. The average Bonchev–Trinajstić information content (AvgIpc) is 3.59. The minimum absolute atomic E-state index is 0.00116. The third-order valence-corrected chi connectivity index (χ3v) is 9.88. The fourth-order valence-corrected chi connectivity index (χ4v) is 7.27. The van der Waals surface area contributed by atoms with Crippen molar-refractivity contribution >= 4 is 29.1 Å². The van der Waals surface area contributed by atoms with Gasteiger partial charge in [0, 0.05) is 18.5 Å². The van der Waals surface area contributed by atoms with Gasteiger partial charge < -0.3 is 19.7 Å². The zero-order valence-electron chi connectivity index (χ0n) is 23.7. The number of rotatable bonds is 10. The first-order chi connectivity index (χ1) is 19.9. The number of carbonyl (C=O) groups excluding carboxylic acids is 1. The van der Waals surface area contributed by atoms with Gasteiger partial charge in [-0.2, -0.15) is 0 Å². The molecule has 0 radical (unpaired) electrons. The fraction of sp³-hybridized carbons (Fsp3) is 0.441. The molecule has 1 aliphatic heterocycles. The van der Waals surface area contributed by atoms with Crippen molar-refractivity contribution in [1.82, 2.24) is 10.2 Å². The molecule has 0 spiro atoms. The first kappa shape index (κ1) is 28.4. The number of ether oxygens (including phenoxy) is 2. The molecule has 3 fully saturated rings. The summed E-state index contributed by atoms with van der Waals surface area (Å²) < 4.78 is 11.7. The van der Waals surface area contributed by atoms with Crippen LogP contribution in [0.3, 0.4) is 0 Å². The Balaban J connectivity index is 1.14.